The molecule has 0 bridgehead atoms. The number of hydrogen-bond acceptors (Lipinski definition) is 4. The number of fused-ring (bicyclic) bond motifs is 1. The fourth-order valence-corrected chi connectivity index (χ4v) is 2.46. The minimum absolute atomic E-state index is 0.0220. The first-order valence-corrected chi connectivity index (χ1v) is 7.08. The largest absolute Gasteiger partial charge is 0.372 e. The van der Waals surface area contributed by atoms with Gasteiger partial charge in [0.1, 0.15) is 0 Å². The fraction of sp³-hybridized carbons (Fsp3) is 0.438. The van der Waals surface area contributed by atoms with Crippen LogP contribution in [-0.2, 0) is 22.7 Å². The van der Waals surface area contributed by atoms with E-state index in [2.05, 4.69) is 21.5 Å². The van der Waals surface area contributed by atoms with Crippen LogP contribution in [0.25, 0.3) is 0 Å². The first kappa shape index (κ1) is 13.8. The maximum atomic E-state index is 12.0. The van der Waals surface area contributed by atoms with Gasteiger partial charge in [0.05, 0.1) is 13.2 Å². The van der Waals surface area contributed by atoms with E-state index in [1.807, 2.05) is 18.2 Å². The molecule has 1 N–H and O–H groups in total. The van der Waals surface area contributed by atoms with Crippen LogP contribution in [0.2, 0.25) is 0 Å². The van der Waals surface area contributed by atoms with Crippen molar-refractivity contribution in [1.29, 1.82) is 0 Å². The summed E-state index contributed by atoms with van der Waals surface area (Å²) in [5.41, 5.74) is 2.75. The van der Waals surface area contributed by atoms with Gasteiger partial charge in [-0.1, -0.05) is 6.07 Å². The van der Waals surface area contributed by atoms with Crippen molar-refractivity contribution in [2.24, 2.45) is 10.2 Å². The van der Waals surface area contributed by atoms with Crippen molar-refractivity contribution in [1.82, 2.24) is 0 Å². The van der Waals surface area contributed by atoms with Crippen LogP contribution in [0, 0.1) is 12.3 Å². The maximum absolute atomic E-state index is 12.0. The summed E-state index contributed by atoms with van der Waals surface area (Å²) in [5.74, 6) is 2.56. The third kappa shape index (κ3) is 3.29. The van der Waals surface area contributed by atoms with Gasteiger partial charge >= 0.3 is 0 Å². The molecule has 0 aliphatic carbocycles. The van der Waals surface area contributed by atoms with Gasteiger partial charge in [-0.3, -0.25) is 4.79 Å². The van der Waals surface area contributed by atoms with Crippen LogP contribution in [0.15, 0.2) is 28.4 Å². The van der Waals surface area contributed by atoms with Crippen LogP contribution in [-0.4, -0.2) is 11.6 Å². The molecule has 0 radical (unpaired) electrons. The van der Waals surface area contributed by atoms with Crippen molar-refractivity contribution in [3.8, 4) is 12.3 Å². The summed E-state index contributed by atoms with van der Waals surface area (Å²) in [6.45, 7) is 1.27. The van der Waals surface area contributed by atoms with Crippen LogP contribution in [0.1, 0.15) is 36.8 Å². The smallest absolute Gasteiger partial charge is 0.224 e. The number of amides is 1. The zero-order chi connectivity index (χ0) is 14.7. The molecule has 0 spiro atoms. The zero-order valence-electron chi connectivity index (χ0n) is 11.8. The molecule has 1 amide bonds. The number of nitrogens with zero attached hydrogens (tertiary/aromatic N) is 2. The number of anilines is 1. The lowest BCUT2D eigenvalue weighted by atomic mass is 10.0. The summed E-state index contributed by atoms with van der Waals surface area (Å²) >= 11 is 0. The number of rotatable bonds is 6. The van der Waals surface area contributed by atoms with Crippen molar-refractivity contribution < 1.29 is 9.53 Å². The quantitative estimate of drug-likeness (QED) is 0.816. The molecule has 0 atom stereocenters. The Kier molecular flexibility index (Phi) is 3.72. The molecule has 21 heavy (non-hydrogen) atoms. The van der Waals surface area contributed by atoms with Crippen molar-refractivity contribution in [3.05, 3.63) is 29.3 Å². The van der Waals surface area contributed by atoms with Gasteiger partial charge in [0.2, 0.25) is 5.91 Å². The molecular formula is C16H17N3O2. The Labute approximate surface area is 123 Å². The molecule has 5 nitrogen and oxygen atoms in total. The van der Waals surface area contributed by atoms with Crippen LogP contribution in [0.5, 0.6) is 0 Å². The molecule has 2 aliphatic heterocycles. The Balaban J connectivity index is 1.49. The first-order chi connectivity index (χ1) is 10.2. The Morgan fingerprint density at radius 3 is 2.90 bits per heavy atom. The predicted octanol–water partition coefficient (Wildman–Crippen LogP) is 3.01. The number of terminal acetylenes is 1. The van der Waals surface area contributed by atoms with Crippen molar-refractivity contribution >= 4 is 11.6 Å². The number of hydrogen-bond donors (Lipinski definition) is 1. The van der Waals surface area contributed by atoms with E-state index in [9.17, 15) is 4.79 Å². The second kappa shape index (κ2) is 5.66. The molecule has 0 saturated carbocycles. The maximum Gasteiger partial charge on any atom is 0.224 e. The minimum Gasteiger partial charge on any atom is -0.372 e. The van der Waals surface area contributed by atoms with E-state index in [1.54, 1.807) is 0 Å². The predicted molar refractivity (Wildman–Crippen MR) is 78.5 cm³/mol. The van der Waals surface area contributed by atoms with Crippen LogP contribution in [0.4, 0.5) is 5.69 Å². The van der Waals surface area contributed by atoms with E-state index in [0.29, 0.717) is 32.5 Å². The topological polar surface area (TPSA) is 63.0 Å². The second-order valence-corrected chi connectivity index (χ2v) is 5.41. The van der Waals surface area contributed by atoms with Gasteiger partial charge in [0, 0.05) is 31.4 Å². The number of carbonyl (C=O) groups is 1. The normalized spacial score (nSPS) is 17.1. The molecule has 5 heteroatoms. The molecule has 0 aromatic heterocycles. The summed E-state index contributed by atoms with van der Waals surface area (Å²) in [6.07, 6.45) is 7.62. The lowest BCUT2D eigenvalue weighted by Crippen LogP contribution is -2.17. The molecule has 2 aliphatic rings. The number of carbonyl (C=O) groups excluding carboxylic acids is 1. The van der Waals surface area contributed by atoms with E-state index in [1.165, 1.54) is 5.56 Å². The zero-order valence-corrected chi connectivity index (χ0v) is 11.8. The molecule has 3 rings (SSSR count). The monoisotopic (exact) mass is 283 g/mol. The fourth-order valence-electron chi connectivity index (χ4n) is 2.46. The molecule has 0 fully saturated rings. The van der Waals surface area contributed by atoms with E-state index in [-0.39, 0.29) is 5.91 Å². The van der Waals surface area contributed by atoms with Gasteiger partial charge in [-0.2, -0.15) is 10.2 Å². The molecule has 1 aromatic rings. The Morgan fingerprint density at radius 2 is 2.14 bits per heavy atom. The van der Waals surface area contributed by atoms with E-state index < -0.39 is 5.66 Å². The molecule has 1 aromatic carbocycles. The van der Waals surface area contributed by atoms with Crippen LogP contribution in [0.3, 0.4) is 0 Å². The van der Waals surface area contributed by atoms with Gasteiger partial charge < -0.3 is 10.1 Å². The van der Waals surface area contributed by atoms with Crippen molar-refractivity contribution in [3.63, 3.8) is 0 Å². The Bertz CT molecular complexity index is 625. The van der Waals surface area contributed by atoms with Gasteiger partial charge in [0.25, 0.3) is 0 Å². The highest BCUT2D eigenvalue weighted by atomic mass is 16.5. The highest BCUT2D eigenvalue weighted by Crippen LogP contribution is 2.37. The number of nitrogens with one attached hydrogen (secondary N) is 1. The Hall–Kier alpha value is -2.19. The summed E-state index contributed by atoms with van der Waals surface area (Å²) in [7, 11) is 0. The molecule has 0 saturated heterocycles. The van der Waals surface area contributed by atoms with E-state index in [4.69, 9.17) is 11.2 Å². The van der Waals surface area contributed by atoms with Gasteiger partial charge in [-0.25, -0.2) is 0 Å². The van der Waals surface area contributed by atoms with Crippen molar-refractivity contribution in [2.75, 3.05) is 5.32 Å². The summed E-state index contributed by atoms with van der Waals surface area (Å²) in [4.78, 5) is 12.0. The SMILES string of the molecule is C#CCCC1(CCC(=O)Nc2ccc3c(c2)COC3)N=N1. The molecular weight excluding hydrogens is 266 g/mol. The lowest BCUT2D eigenvalue weighted by Gasteiger charge is -2.10. The van der Waals surface area contributed by atoms with Crippen LogP contribution >= 0.6 is 0 Å². The van der Waals surface area contributed by atoms with Crippen LogP contribution < -0.4 is 5.32 Å². The van der Waals surface area contributed by atoms with Gasteiger partial charge in [-0.05, 0) is 23.3 Å². The van der Waals surface area contributed by atoms with Gasteiger partial charge in [-0.15, -0.1) is 12.3 Å². The highest BCUT2D eigenvalue weighted by molar-refractivity contribution is 5.90. The lowest BCUT2D eigenvalue weighted by molar-refractivity contribution is -0.116. The minimum atomic E-state index is -0.393. The molecule has 0 unspecified atom stereocenters. The summed E-state index contributed by atoms with van der Waals surface area (Å²) < 4.78 is 5.36. The molecule has 108 valence electrons. The van der Waals surface area contributed by atoms with E-state index in [0.717, 1.165) is 17.7 Å². The average molecular weight is 283 g/mol. The van der Waals surface area contributed by atoms with E-state index >= 15 is 0 Å². The average Bonchev–Trinajstić information content (AvgIpc) is 3.11. The first-order valence-electron chi connectivity index (χ1n) is 7.08. The highest BCUT2D eigenvalue weighted by Gasteiger charge is 2.39. The number of benzene rings is 1. The van der Waals surface area contributed by atoms with Crippen molar-refractivity contribution in [2.45, 2.75) is 44.6 Å². The standard InChI is InChI=1S/C16H17N3O2/c1-2-3-7-16(18-19-16)8-6-15(20)17-14-5-4-12-10-21-11-13(12)9-14/h1,4-5,9H,3,6-8,10-11H2,(H,17,20). The summed E-state index contributed by atoms with van der Waals surface area (Å²) in [6, 6.07) is 5.88. The Morgan fingerprint density at radius 1 is 1.33 bits per heavy atom. The molecule has 2 heterocycles. The second-order valence-electron chi connectivity index (χ2n) is 5.41. The number of ether oxygens (including phenoxy) is 1. The summed E-state index contributed by atoms with van der Waals surface area (Å²) in [5, 5.41) is 11.0. The third-order valence-electron chi connectivity index (χ3n) is 3.81. The third-order valence-corrected chi connectivity index (χ3v) is 3.81. The van der Waals surface area contributed by atoms with Gasteiger partial charge in [0.15, 0.2) is 5.66 Å².